The van der Waals surface area contributed by atoms with Gasteiger partial charge in [-0.3, -0.25) is 18.5 Å². The summed E-state index contributed by atoms with van der Waals surface area (Å²) in [5, 5.41) is 4.07. The van der Waals surface area contributed by atoms with Crippen molar-refractivity contribution in [3.8, 4) is 23.0 Å². The van der Waals surface area contributed by atoms with Crippen LogP contribution in [0.1, 0.15) is 26.7 Å². The molecule has 12 nitrogen and oxygen atoms in total. The van der Waals surface area contributed by atoms with E-state index in [1.54, 1.807) is 51.5 Å². The second kappa shape index (κ2) is 12.5. The molecule has 13 heteroatoms. The van der Waals surface area contributed by atoms with Crippen molar-refractivity contribution in [3.05, 3.63) is 53.2 Å². The third-order valence-corrected chi connectivity index (χ3v) is 7.50. The van der Waals surface area contributed by atoms with Gasteiger partial charge in [0.25, 0.3) is 10.0 Å². The molecule has 2 aromatic heterocycles. The zero-order valence-corrected chi connectivity index (χ0v) is 24.2. The molecule has 0 aliphatic carbocycles. The Morgan fingerprint density at radius 2 is 1.55 bits per heavy atom. The molecule has 0 saturated carbocycles. The molecule has 0 bridgehead atoms. The van der Waals surface area contributed by atoms with Gasteiger partial charge < -0.3 is 18.9 Å². The van der Waals surface area contributed by atoms with E-state index in [2.05, 4.69) is 9.82 Å². The molecule has 0 spiro atoms. The standard InChI is InChI=1S/C27H35N5O7S/c1-6-9-37-19-12-20(38-11-8-10-36-5)14-21(13-19)39-26-16-25-24(30(3)27(33)31(25)4)15-23(26)29-40(34,35)22-17-28-32(7-2)18-22/h12-18,29H,6-11H2,1-5H3. The zero-order valence-electron chi connectivity index (χ0n) is 23.3. The number of hydrogen-bond acceptors (Lipinski definition) is 8. The van der Waals surface area contributed by atoms with Crippen molar-refractivity contribution in [2.75, 3.05) is 31.7 Å². The number of methoxy groups -OCH3 is 1. The Morgan fingerprint density at radius 1 is 0.900 bits per heavy atom. The molecule has 40 heavy (non-hydrogen) atoms. The summed E-state index contributed by atoms with van der Waals surface area (Å²) in [7, 11) is 0.877. The minimum absolute atomic E-state index is 0.00376. The molecule has 0 radical (unpaired) electrons. The third kappa shape index (κ3) is 6.42. The number of ether oxygens (including phenoxy) is 4. The highest BCUT2D eigenvalue weighted by Crippen LogP contribution is 2.37. The van der Waals surface area contributed by atoms with Crippen LogP contribution >= 0.6 is 0 Å². The van der Waals surface area contributed by atoms with E-state index in [9.17, 15) is 13.2 Å². The number of benzene rings is 2. The molecule has 0 amide bonds. The minimum atomic E-state index is -4.02. The summed E-state index contributed by atoms with van der Waals surface area (Å²) in [5.41, 5.74) is 0.995. The summed E-state index contributed by atoms with van der Waals surface area (Å²) < 4.78 is 56.7. The first-order valence-electron chi connectivity index (χ1n) is 13.0. The Morgan fingerprint density at radius 3 is 2.17 bits per heavy atom. The Balaban J connectivity index is 1.76. The molecule has 1 N–H and O–H groups in total. The average Bonchev–Trinajstić information content (AvgIpc) is 3.51. The van der Waals surface area contributed by atoms with Crippen LogP contribution in [0.2, 0.25) is 0 Å². The summed E-state index contributed by atoms with van der Waals surface area (Å²) in [5.74, 6) is 1.64. The minimum Gasteiger partial charge on any atom is -0.493 e. The van der Waals surface area contributed by atoms with Crippen molar-refractivity contribution in [1.29, 1.82) is 0 Å². The quantitative estimate of drug-likeness (QED) is 0.225. The van der Waals surface area contributed by atoms with E-state index in [1.807, 2.05) is 13.8 Å². The van der Waals surface area contributed by atoms with Crippen LogP contribution in [0.5, 0.6) is 23.0 Å². The molecule has 0 atom stereocenters. The molecule has 0 unspecified atom stereocenters. The lowest BCUT2D eigenvalue weighted by Gasteiger charge is -2.16. The predicted octanol–water partition coefficient (Wildman–Crippen LogP) is 3.89. The van der Waals surface area contributed by atoms with E-state index in [4.69, 9.17) is 18.9 Å². The summed E-state index contributed by atoms with van der Waals surface area (Å²) in [6.07, 6.45) is 4.24. The highest BCUT2D eigenvalue weighted by Gasteiger charge is 2.22. The van der Waals surface area contributed by atoms with Gasteiger partial charge in [-0.2, -0.15) is 5.10 Å². The van der Waals surface area contributed by atoms with Gasteiger partial charge in [0.2, 0.25) is 0 Å². The Bertz CT molecular complexity index is 1640. The number of rotatable bonds is 14. The zero-order chi connectivity index (χ0) is 28.9. The smallest absolute Gasteiger partial charge is 0.328 e. The lowest BCUT2D eigenvalue weighted by Crippen LogP contribution is -2.19. The van der Waals surface area contributed by atoms with Crippen molar-refractivity contribution in [2.24, 2.45) is 14.1 Å². The van der Waals surface area contributed by atoms with Gasteiger partial charge in [0.15, 0.2) is 5.75 Å². The molecule has 0 fully saturated rings. The lowest BCUT2D eigenvalue weighted by atomic mass is 10.2. The number of imidazole rings is 1. The van der Waals surface area contributed by atoms with Gasteiger partial charge in [0.1, 0.15) is 22.1 Å². The first-order valence-corrected chi connectivity index (χ1v) is 14.5. The maximum Gasteiger partial charge on any atom is 0.328 e. The second-order valence-electron chi connectivity index (χ2n) is 9.16. The molecular weight excluding hydrogens is 538 g/mol. The van der Waals surface area contributed by atoms with Gasteiger partial charge in [-0.1, -0.05) is 6.92 Å². The second-order valence-corrected chi connectivity index (χ2v) is 10.8. The van der Waals surface area contributed by atoms with Gasteiger partial charge in [-0.15, -0.1) is 0 Å². The van der Waals surface area contributed by atoms with Gasteiger partial charge >= 0.3 is 5.69 Å². The fraction of sp³-hybridized carbons (Fsp3) is 0.407. The fourth-order valence-corrected chi connectivity index (χ4v) is 5.07. The fourth-order valence-electron chi connectivity index (χ4n) is 4.06. The monoisotopic (exact) mass is 573 g/mol. The van der Waals surface area contributed by atoms with Gasteiger partial charge in [0, 0.05) is 71.2 Å². The van der Waals surface area contributed by atoms with Crippen LogP contribution in [-0.2, 0) is 35.4 Å². The van der Waals surface area contributed by atoms with Crippen molar-refractivity contribution in [2.45, 2.75) is 38.1 Å². The Hall–Kier alpha value is -3.97. The number of nitrogens with zero attached hydrogens (tertiary/aromatic N) is 4. The number of sulfonamides is 1. The van der Waals surface area contributed by atoms with E-state index < -0.39 is 10.0 Å². The lowest BCUT2D eigenvalue weighted by molar-refractivity contribution is 0.172. The van der Waals surface area contributed by atoms with Crippen molar-refractivity contribution >= 4 is 26.7 Å². The molecule has 2 heterocycles. The molecule has 0 aliphatic rings. The average molecular weight is 574 g/mol. The maximum absolute atomic E-state index is 13.3. The maximum atomic E-state index is 13.3. The van der Waals surface area contributed by atoms with Gasteiger partial charge in [0.05, 0.1) is 36.1 Å². The largest absolute Gasteiger partial charge is 0.493 e. The van der Waals surface area contributed by atoms with Crippen LogP contribution in [0, 0.1) is 0 Å². The first-order chi connectivity index (χ1) is 19.2. The summed E-state index contributed by atoms with van der Waals surface area (Å²) in [6, 6.07) is 8.38. The predicted molar refractivity (Wildman–Crippen MR) is 151 cm³/mol. The van der Waals surface area contributed by atoms with Crippen LogP contribution in [-0.4, -0.2) is 54.3 Å². The number of nitrogens with one attached hydrogen (secondary N) is 1. The number of aryl methyl sites for hydroxylation is 3. The highest BCUT2D eigenvalue weighted by atomic mass is 32.2. The molecular formula is C27H35N5O7S. The number of hydrogen-bond donors (Lipinski definition) is 1. The molecule has 216 valence electrons. The van der Waals surface area contributed by atoms with Crippen LogP contribution < -0.4 is 24.6 Å². The number of aromatic nitrogens is 4. The van der Waals surface area contributed by atoms with Gasteiger partial charge in [-0.25, -0.2) is 13.2 Å². The third-order valence-electron chi connectivity index (χ3n) is 6.18. The number of fused-ring (bicyclic) bond motifs is 1. The Labute approximate surface area is 233 Å². The van der Waals surface area contributed by atoms with Gasteiger partial charge in [-0.05, 0) is 19.4 Å². The first kappa shape index (κ1) is 29.0. The SMILES string of the molecule is CCCOc1cc(OCCCOC)cc(Oc2cc3c(cc2NS(=O)(=O)c2cnn(CC)c2)n(C)c(=O)n3C)c1. The molecule has 4 aromatic rings. The van der Waals surface area contributed by atoms with Crippen LogP contribution in [0.25, 0.3) is 11.0 Å². The van der Waals surface area contributed by atoms with Crippen LogP contribution in [0.4, 0.5) is 5.69 Å². The molecule has 0 aliphatic heterocycles. The number of anilines is 1. The van der Waals surface area contributed by atoms with E-state index in [-0.39, 0.29) is 22.0 Å². The summed E-state index contributed by atoms with van der Waals surface area (Å²) >= 11 is 0. The van der Waals surface area contributed by atoms with Crippen molar-refractivity contribution in [1.82, 2.24) is 18.9 Å². The summed E-state index contributed by atoms with van der Waals surface area (Å²) in [4.78, 5) is 12.6. The molecule has 0 saturated heterocycles. The molecule has 2 aromatic carbocycles. The van der Waals surface area contributed by atoms with E-state index in [1.165, 1.54) is 26.2 Å². The van der Waals surface area contributed by atoms with E-state index in [0.29, 0.717) is 61.1 Å². The van der Waals surface area contributed by atoms with E-state index >= 15 is 0 Å². The van der Waals surface area contributed by atoms with Crippen molar-refractivity contribution in [3.63, 3.8) is 0 Å². The van der Waals surface area contributed by atoms with Crippen molar-refractivity contribution < 1.29 is 27.4 Å². The van der Waals surface area contributed by atoms with Crippen LogP contribution in [0.15, 0.2) is 52.4 Å². The highest BCUT2D eigenvalue weighted by molar-refractivity contribution is 7.92. The summed E-state index contributed by atoms with van der Waals surface area (Å²) in [6.45, 7) is 5.88. The normalized spacial score (nSPS) is 11.6. The van der Waals surface area contributed by atoms with Crippen LogP contribution in [0.3, 0.4) is 0 Å². The van der Waals surface area contributed by atoms with E-state index in [0.717, 1.165) is 6.42 Å². The Kier molecular flexibility index (Phi) is 9.05. The molecule has 4 rings (SSSR count). The topological polar surface area (TPSA) is 128 Å².